The maximum atomic E-state index is 12.6. The number of pyridine rings is 1. The first kappa shape index (κ1) is 16.8. The number of halogens is 8. The zero-order valence-electron chi connectivity index (χ0n) is 9.30. The Kier molecular flexibility index (Phi) is 4.24. The van der Waals surface area contributed by atoms with Gasteiger partial charge < -0.3 is 4.74 Å². The second-order valence-electron chi connectivity index (χ2n) is 3.34. The summed E-state index contributed by atoms with van der Waals surface area (Å²) in [5.41, 5.74) is -6.60. The predicted molar refractivity (Wildman–Crippen MR) is 47.5 cm³/mol. The number of rotatable bonds is 3. The Morgan fingerprint density at radius 3 is 2.05 bits per heavy atom. The quantitative estimate of drug-likeness (QED) is 0.481. The van der Waals surface area contributed by atoms with Crippen molar-refractivity contribution in [2.75, 3.05) is 0 Å². The summed E-state index contributed by atoms with van der Waals surface area (Å²) < 4.78 is 102. The van der Waals surface area contributed by atoms with E-state index in [4.69, 9.17) is 0 Å². The van der Waals surface area contributed by atoms with Crippen molar-refractivity contribution in [3.05, 3.63) is 27.6 Å². The molecule has 0 amide bonds. The van der Waals surface area contributed by atoms with Gasteiger partial charge in [-0.3, -0.25) is 10.1 Å². The zero-order chi connectivity index (χ0) is 16.6. The van der Waals surface area contributed by atoms with Crippen molar-refractivity contribution < 1.29 is 44.8 Å². The lowest BCUT2D eigenvalue weighted by Gasteiger charge is -2.17. The van der Waals surface area contributed by atoms with Gasteiger partial charge in [0.05, 0.1) is 4.92 Å². The molecule has 0 unspecified atom stereocenters. The smallest absolute Gasteiger partial charge is 0.398 e. The fourth-order valence-electron chi connectivity index (χ4n) is 1.29. The molecule has 0 saturated heterocycles. The van der Waals surface area contributed by atoms with Gasteiger partial charge in [-0.25, -0.2) is 13.8 Å². The van der Waals surface area contributed by atoms with Crippen LogP contribution in [0.1, 0.15) is 17.7 Å². The Balaban J connectivity index is 3.73. The number of nitrogens with zero attached hydrogens (tertiary/aromatic N) is 2. The van der Waals surface area contributed by atoms with Crippen LogP contribution < -0.4 is 4.74 Å². The van der Waals surface area contributed by atoms with Crippen LogP contribution in [0.5, 0.6) is 5.75 Å². The summed E-state index contributed by atoms with van der Waals surface area (Å²) in [5, 5.41) is 10.4. The molecule has 0 atom stereocenters. The Morgan fingerprint density at radius 1 is 1.19 bits per heavy atom. The Labute approximate surface area is 109 Å². The van der Waals surface area contributed by atoms with E-state index in [1.807, 2.05) is 0 Å². The monoisotopic (exact) mass is 326 g/mol. The molecule has 0 aliphatic rings. The van der Waals surface area contributed by atoms with Crippen LogP contribution in [0.4, 0.5) is 40.8 Å². The highest BCUT2D eigenvalue weighted by Crippen LogP contribution is 2.46. The molecule has 118 valence electrons. The normalized spacial score (nSPS) is 12.6. The molecular weight excluding hydrogens is 324 g/mol. The van der Waals surface area contributed by atoms with Gasteiger partial charge in [-0.15, -0.1) is 13.2 Å². The summed E-state index contributed by atoms with van der Waals surface area (Å²) in [6.07, 6.45) is -15.6. The lowest BCUT2D eigenvalue weighted by molar-refractivity contribution is -0.389. The van der Waals surface area contributed by atoms with Gasteiger partial charge in [0.15, 0.2) is 0 Å². The maximum absolute atomic E-state index is 12.6. The van der Waals surface area contributed by atoms with Gasteiger partial charge in [0, 0.05) is 0 Å². The first-order valence-electron chi connectivity index (χ1n) is 4.63. The molecule has 0 aliphatic heterocycles. The van der Waals surface area contributed by atoms with E-state index >= 15 is 0 Å². The molecule has 0 fully saturated rings. The second-order valence-corrected chi connectivity index (χ2v) is 3.34. The van der Waals surface area contributed by atoms with Crippen LogP contribution in [0, 0.1) is 10.1 Å². The van der Waals surface area contributed by atoms with E-state index in [-0.39, 0.29) is 6.20 Å². The highest BCUT2D eigenvalue weighted by atomic mass is 19.4. The zero-order valence-corrected chi connectivity index (χ0v) is 9.30. The minimum atomic E-state index is -5.77. The van der Waals surface area contributed by atoms with Crippen LogP contribution in [0.3, 0.4) is 0 Å². The highest BCUT2D eigenvalue weighted by Gasteiger charge is 2.47. The summed E-state index contributed by atoms with van der Waals surface area (Å²) in [7, 11) is 0. The average Bonchev–Trinajstić information content (AvgIpc) is 2.23. The van der Waals surface area contributed by atoms with Crippen molar-refractivity contribution in [1.29, 1.82) is 0 Å². The van der Waals surface area contributed by atoms with Gasteiger partial charge in [0.25, 0.3) is 6.43 Å². The number of aromatic nitrogens is 1. The Morgan fingerprint density at radius 2 is 1.71 bits per heavy atom. The van der Waals surface area contributed by atoms with Crippen molar-refractivity contribution in [2.45, 2.75) is 19.0 Å². The molecule has 1 heterocycles. The van der Waals surface area contributed by atoms with Crippen LogP contribution >= 0.6 is 0 Å². The average molecular weight is 326 g/mol. The molecule has 1 aromatic heterocycles. The maximum Gasteiger partial charge on any atom is 0.573 e. The van der Waals surface area contributed by atoms with Crippen LogP contribution in [-0.4, -0.2) is 16.3 Å². The Bertz CT molecular complexity index is 554. The lowest BCUT2D eigenvalue weighted by Crippen LogP contribution is -2.23. The fraction of sp³-hybridized carbons (Fsp3) is 0.375. The van der Waals surface area contributed by atoms with Crippen LogP contribution in [0.2, 0.25) is 0 Å². The molecule has 1 rings (SSSR count). The summed E-state index contributed by atoms with van der Waals surface area (Å²) >= 11 is 0. The molecule has 0 bridgehead atoms. The largest absolute Gasteiger partial charge is 0.573 e. The van der Waals surface area contributed by atoms with E-state index in [9.17, 15) is 45.2 Å². The predicted octanol–water partition coefficient (Wildman–Crippen LogP) is 3.84. The number of hydrogen-bond acceptors (Lipinski definition) is 4. The van der Waals surface area contributed by atoms with Crippen LogP contribution in [0.15, 0.2) is 6.20 Å². The van der Waals surface area contributed by atoms with E-state index < -0.39 is 46.6 Å². The molecule has 0 aromatic carbocycles. The standard InChI is InChI=1S/C8H2F8N2O3/c9-6(10)4-3(7(11,12)13)5(21-8(14,15)16)2(1-17-4)18(19)20/h1,6H. The Hall–Kier alpha value is -2.21. The lowest BCUT2D eigenvalue weighted by atomic mass is 10.1. The van der Waals surface area contributed by atoms with Crippen LogP contribution in [0.25, 0.3) is 0 Å². The van der Waals surface area contributed by atoms with Gasteiger partial charge in [0.2, 0.25) is 5.75 Å². The molecule has 21 heavy (non-hydrogen) atoms. The first-order chi connectivity index (χ1) is 9.34. The van der Waals surface area contributed by atoms with Gasteiger partial charge in [-0.1, -0.05) is 0 Å². The number of nitro groups is 1. The molecule has 0 saturated carbocycles. The van der Waals surface area contributed by atoms with Crippen LogP contribution in [-0.2, 0) is 6.18 Å². The summed E-state index contributed by atoms with van der Waals surface area (Å²) in [6, 6.07) is 0. The highest BCUT2D eigenvalue weighted by molar-refractivity contribution is 5.53. The summed E-state index contributed by atoms with van der Waals surface area (Å²) in [4.78, 5) is 11.3. The van der Waals surface area contributed by atoms with E-state index in [0.29, 0.717) is 0 Å². The van der Waals surface area contributed by atoms with Crippen molar-refractivity contribution >= 4 is 5.69 Å². The van der Waals surface area contributed by atoms with Crippen molar-refractivity contribution in [3.63, 3.8) is 0 Å². The van der Waals surface area contributed by atoms with Gasteiger partial charge in [0.1, 0.15) is 17.5 Å². The number of alkyl halides is 8. The third-order valence-electron chi connectivity index (χ3n) is 1.95. The minimum absolute atomic E-state index is 0.169. The molecular formula is C8H2F8N2O3. The van der Waals surface area contributed by atoms with Gasteiger partial charge in [-0.2, -0.15) is 13.2 Å². The van der Waals surface area contributed by atoms with Crippen molar-refractivity contribution in [1.82, 2.24) is 4.98 Å². The van der Waals surface area contributed by atoms with Crippen molar-refractivity contribution in [2.24, 2.45) is 0 Å². The molecule has 0 aliphatic carbocycles. The molecule has 1 aromatic rings. The SMILES string of the molecule is O=[N+]([O-])c1cnc(C(F)F)c(C(F)(F)F)c1OC(F)(F)F. The molecule has 0 N–H and O–H groups in total. The third kappa shape index (κ3) is 3.88. The van der Waals surface area contributed by atoms with Gasteiger partial charge >= 0.3 is 18.2 Å². The molecule has 5 nitrogen and oxygen atoms in total. The van der Waals surface area contributed by atoms with E-state index in [1.54, 1.807) is 0 Å². The van der Waals surface area contributed by atoms with Crippen molar-refractivity contribution in [3.8, 4) is 5.75 Å². The molecule has 0 radical (unpaired) electrons. The summed E-state index contributed by atoms with van der Waals surface area (Å²) in [5.74, 6) is -2.38. The topological polar surface area (TPSA) is 65.3 Å². The van der Waals surface area contributed by atoms with E-state index in [1.165, 1.54) is 0 Å². The number of hydrogen-bond donors (Lipinski definition) is 0. The third-order valence-corrected chi connectivity index (χ3v) is 1.95. The molecule has 13 heteroatoms. The fourth-order valence-corrected chi connectivity index (χ4v) is 1.29. The van der Waals surface area contributed by atoms with Gasteiger partial charge in [-0.05, 0) is 0 Å². The van der Waals surface area contributed by atoms with E-state index in [2.05, 4.69) is 9.72 Å². The second kappa shape index (κ2) is 5.29. The van der Waals surface area contributed by atoms with E-state index in [0.717, 1.165) is 0 Å². The number of ether oxygens (including phenoxy) is 1. The molecule has 0 spiro atoms. The minimum Gasteiger partial charge on any atom is -0.398 e. The first-order valence-corrected chi connectivity index (χ1v) is 4.63. The summed E-state index contributed by atoms with van der Waals surface area (Å²) in [6.45, 7) is 0.